The van der Waals surface area contributed by atoms with Gasteiger partial charge in [0.2, 0.25) is 0 Å². The molecule has 2 aromatic rings. The molecule has 150 valence electrons. The van der Waals surface area contributed by atoms with E-state index >= 15 is 0 Å². The number of methoxy groups -OCH3 is 3. The van der Waals surface area contributed by atoms with Crippen LogP contribution in [0.5, 0.6) is 17.2 Å². The highest BCUT2D eigenvalue weighted by molar-refractivity contribution is 6.31. The van der Waals surface area contributed by atoms with Crippen molar-refractivity contribution in [1.29, 1.82) is 0 Å². The largest absolute Gasteiger partial charge is 0.496 e. The number of piperazine rings is 1. The first kappa shape index (κ1) is 20.3. The number of hydrazone groups is 1. The van der Waals surface area contributed by atoms with Gasteiger partial charge in [-0.3, -0.25) is 5.01 Å². The Morgan fingerprint density at radius 2 is 1.64 bits per heavy atom. The van der Waals surface area contributed by atoms with Crippen molar-refractivity contribution in [2.75, 3.05) is 47.5 Å². The minimum Gasteiger partial charge on any atom is -0.496 e. The molecule has 1 saturated heterocycles. The van der Waals surface area contributed by atoms with E-state index in [-0.39, 0.29) is 0 Å². The maximum absolute atomic E-state index is 6.29. The van der Waals surface area contributed by atoms with E-state index in [1.807, 2.05) is 36.5 Å². The van der Waals surface area contributed by atoms with E-state index in [2.05, 4.69) is 16.2 Å². The third-order valence-electron chi connectivity index (χ3n) is 4.94. The maximum Gasteiger partial charge on any atom is 0.164 e. The molecule has 1 heterocycles. The number of benzene rings is 2. The lowest BCUT2D eigenvalue weighted by molar-refractivity contribution is -0.918. The third-order valence-corrected chi connectivity index (χ3v) is 5.31. The highest BCUT2D eigenvalue weighted by Crippen LogP contribution is 2.33. The van der Waals surface area contributed by atoms with E-state index in [1.54, 1.807) is 21.3 Å². The van der Waals surface area contributed by atoms with Gasteiger partial charge >= 0.3 is 0 Å². The molecule has 1 aliphatic heterocycles. The van der Waals surface area contributed by atoms with Crippen LogP contribution in [0, 0.1) is 0 Å². The highest BCUT2D eigenvalue weighted by atomic mass is 35.5. The minimum atomic E-state index is 0.633. The Hall–Kier alpha value is -2.44. The fourth-order valence-corrected chi connectivity index (χ4v) is 3.51. The molecular formula is C21H27ClN3O3+. The molecule has 0 unspecified atom stereocenters. The van der Waals surface area contributed by atoms with Crippen LogP contribution in [0.4, 0.5) is 0 Å². The summed E-state index contributed by atoms with van der Waals surface area (Å²) >= 11 is 6.29. The zero-order valence-corrected chi connectivity index (χ0v) is 17.3. The third kappa shape index (κ3) is 4.88. The van der Waals surface area contributed by atoms with Crippen LogP contribution in [0.15, 0.2) is 41.5 Å². The lowest BCUT2D eigenvalue weighted by Gasteiger charge is -2.30. The molecule has 28 heavy (non-hydrogen) atoms. The number of hydrogen-bond acceptors (Lipinski definition) is 5. The molecule has 0 radical (unpaired) electrons. The number of nitrogens with zero attached hydrogens (tertiary/aromatic N) is 2. The second-order valence-corrected chi connectivity index (χ2v) is 7.07. The minimum absolute atomic E-state index is 0.633. The summed E-state index contributed by atoms with van der Waals surface area (Å²) in [5, 5.41) is 7.58. The van der Waals surface area contributed by atoms with Gasteiger partial charge in [0.05, 0.1) is 53.7 Å². The lowest BCUT2D eigenvalue weighted by atomic mass is 10.2. The zero-order valence-electron chi connectivity index (χ0n) is 16.6. The number of quaternary nitrogens is 1. The van der Waals surface area contributed by atoms with E-state index in [1.165, 1.54) is 10.5 Å². The Balaban J connectivity index is 1.61. The van der Waals surface area contributed by atoms with Crippen LogP contribution in [0.2, 0.25) is 5.02 Å². The summed E-state index contributed by atoms with van der Waals surface area (Å²) in [6.07, 6.45) is 1.82. The molecule has 1 N–H and O–H groups in total. The molecule has 0 amide bonds. The van der Waals surface area contributed by atoms with Crippen LogP contribution in [-0.4, -0.2) is 58.7 Å². The topological polar surface area (TPSA) is 47.7 Å². The summed E-state index contributed by atoms with van der Waals surface area (Å²) in [4.78, 5) is 1.52. The molecule has 1 fully saturated rings. The summed E-state index contributed by atoms with van der Waals surface area (Å²) in [6, 6.07) is 11.7. The maximum atomic E-state index is 6.29. The average molecular weight is 405 g/mol. The first-order valence-corrected chi connectivity index (χ1v) is 9.68. The van der Waals surface area contributed by atoms with E-state index < -0.39 is 0 Å². The number of nitrogens with one attached hydrogen (secondary N) is 1. The van der Waals surface area contributed by atoms with Crippen molar-refractivity contribution in [3.63, 3.8) is 0 Å². The van der Waals surface area contributed by atoms with Gasteiger partial charge in [0, 0.05) is 22.2 Å². The van der Waals surface area contributed by atoms with Crippen LogP contribution in [0.1, 0.15) is 11.1 Å². The summed E-state index contributed by atoms with van der Waals surface area (Å²) in [5.74, 6) is 1.98. The number of ether oxygens (including phenoxy) is 3. The quantitative estimate of drug-likeness (QED) is 0.718. The summed E-state index contributed by atoms with van der Waals surface area (Å²) in [7, 11) is 4.86. The summed E-state index contributed by atoms with van der Waals surface area (Å²) in [5.41, 5.74) is 2.05. The van der Waals surface area contributed by atoms with Gasteiger partial charge in [-0.1, -0.05) is 29.8 Å². The number of halogens is 1. The fraction of sp³-hybridized carbons (Fsp3) is 0.381. The number of hydrogen-bond donors (Lipinski definition) is 1. The zero-order chi connectivity index (χ0) is 19.9. The molecule has 0 atom stereocenters. The van der Waals surface area contributed by atoms with Gasteiger partial charge in [0.1, 0.15) is 12.3 Å². The van der Waals surface area contributed by atoms with E-state index in [0.29, 0.717) is 17.2 Å². The molecule has 3 rings (SSSR count). The van der Waals surface area contributed by atoms with Crippen molar-refractivity contribution in [2.24, 2.45) is 5.10 Å². The summed E-state index contributed by atoms with van der Waals surface area (Å²) < 4.78 is 16.2. The molecule has 0 aliphatic carbocycles. The lowest BCUT2D eigenvalue weighted by Crippen LogP contribution is -3.13. The Bertz CT molecular complexity index is 821. The van der Waals surface area contributed by atoms with E-state index in [4.69, 9.17) is 25.8 Å². The SMILES string of the molecule is COc1cc(OC)c(OC)cc1/C=N\N1CC[NH+](Cc2ccccc2Cl)CC1. The number of rotatable bonds is 7. The molecule has 7 heteroatoms. The summed E-state index contributed by atoms with van der Waals surface area (Å²) in [6.45, 7) is 4.77. The molecule has 0 spiro atoms. The Morgan fingerprint density at radius 1 is 1.00 bits per heavy atom. The smallest absolute Gasteiger partial charge is 0.164 e. The Labute approximate surface area is 171 Å². The van der Waals surface area contributed by atoms with Crippen LogP contribution < -0.4 is 19.1 Å². The van der Waals surface area contributed by atoms with Crippen LogP contribution in [0.25, 0.3) is 0 Å². The van der Waals surface area contributed by atoms with Crippen molar-refractivity contribution < 1.29 is 19.1 Å². The van der Waals surface area contributed by atoms with Gasteiger partial charge in [-0.15, -0.1) is 0 Å². The fourth-order valence-electron chi connectivity index (χ4n) is 3.31. The second-order valence-electron chi connectivity index (χ2n) is 6.67. The van der Waals surface area contributed by atoms with Crippen LogP contribution in [-0.2, 0) is 6.54 Å². The first-order valence-electron chi connectivity index (χ1n) is 9.30. The average Bonchev–Trinajstić information content (AvgIpc) is 2.74. The molecule has 0 bridgehead atoms. The van der Waals surface area contributed by atoms with Gasteiger partial charge in [0.15, 0.2) is 11.5 Å². The van der Waals surface area contributed by atoms with Crippen molar-refractivity contribution in [3.8, 4) is 17.2 Å². The van der Waals surface area contributed by atoms with E-state index in [0.717, 1.165) is 43.3 Å². The second kappa shape index (κ2) is 9.66. The Kier molecular flexibility index (Phi) is 7.01. The Morgan fingerprint density at radius 3 is 2.29 bits per heavy atom. The van der Waals surface area contributed by atoms with E-state index in [9.17, 15) is 0 Å². The van der Waals surface area contributed by atoms with Crippen molar-refractivity contribution in [3.05, 3.63) is 52.5 Å². The van der Waals surface area contributed by atoms with Crippen LogP contribution >= 0.6 is 11.6 Å². The van der Waals surface area contributed by atoms with Crippen molar-refractivity contribution in [2.45, 2.75) is 6.54 Å². The predicted octanol–water partition coefficient (Wildman–Crippen LogP) is 2.10. The van der Waals surface area contributed by atoms with Gasteiger partial charge in [-0.25, -0.2) is 0 Å². The molecular weight excluding hydrogens is 378 g/mol. The van der Waals surface area contributed by atoms with Gasteiger partial charge in [-0.2, -0.15) is 5.10 Å². The van der Waals surface area contributed by atoms with Gasteiger partial charge in [0.25, 0.3) is 0 Å². The molecule has 0 aromatic heterocycles. The predicted molar refractivity (Wildman–Crippen MR) is 111 cm³/mol. The molecule has 6 nitrogen and oxygen atoms in total. The molecule has 0 saturated carbocycles. The van der Waals surface area contributed by atoms with Gasteiger partial charge < -0.3 is 19.1 Å². The van der Waals surface area contributed by atoms with Crippen molar-refractivity contribution in [1.82, 2.24) is 5.01 Å². The monoisotopic (exact) mass is 404 g/mol. The molecule has 2 aromatic carbocycles. The highest BCUT2D eigenvalue weighted by Gasteiger charge is 2.20. The van der Waals surface area contributed by atoms with Gasteiger partial charge in [-0.05, 0) is 12.1 Å². The first-order chi connectivity index (χ1) is 13.6. The van der Waals surface area contributed by atoms with Crippen LogP contribution in [0.3, 0.4) is 0 Å². The standard InChI is InChI=1S/C21H26ClN3O3/c1-26-19-13-21(28-3)20(27-2)12-17(19)14-23-25-10-8-24(9-11-25)15-16-6-4-5-7-18(16)22/h4-7,12-14H,8-11,15H2,1-3H3/p+1/b23-14-. The molecule has 1 aliphatic rings. The van der Waals surface area contributed by atoms with Crippen molar-refractivity contribution >= 4 is 17.8 Å². The normalized spacial score (nSPS) is 15.1.